The first-order chi connectivity index (χ1) is 10.2. The third-order valence-corrected chi connectivity index (χ3v) is 3.46. The molecule has 0 fully saturated rings. The maximum absolute atomic E-state index is 8.23. The summed E-state index contributed by atoms with van der Waals surface area (Å²) in [4.78, 5) is 0. The Morgan fingerprint density at radius 3 is 2.38 bits per heavy atom. The van der Waals surface area contributed by atoms with Crippen molar-refractivity contribution >= 4 is 17.6 Å². The highest BCUT2D eigenvalue weighted by atomic mass is 16.5. The molecule has 0 amide bonds. The van der Waals surface area contributed by atoms with E-state index in [4.69, 9.17) is 10.1 Å². The van der Waals surface area contributed by atoms with Crippen molar-refractivity contribution in [2.24, 2.45) is 5.10 Å². The first-order valence-electron chi connectivity index (χ1n) is 6.61. The van der Waals surface area contributed by atoms with Crippen molar-refractivity contribution < 1.29 is 4.74 Å². The third kappa shape index (κ3) is 2.33. The van der Waals surface area contributed by atoms with E-state index in [9.17, 15) is 0 Å². The van der Waals surface area contributed by atoms with Crippen LogP contribution >= 0.6 is 0 Å². The molecule has 0 saturated carbocycles. The Morgan fingerprint density at radius 1 is 1.10 bits per heavy atom. The molecular formula is C16H16N4O. The van der Waals surface area contributed by atoms with E-state index in [-0.39, 0.29) is 0 Å². The molecule has 3 rings (SSSR count). The van der Waals surface area contributed by atoms with Gasteiger partial charge >= 0.3 is 0 Å². The van der Waals surface area contributed by atoms with Gasteiger partial charge in [-0.05, 0) is 24.3 Å². The van der Waals surface area contributed by atoms with E-state index in [1.165, 1.54) is 6.21 Å². The average Bonchev–Trinajstić information content (AvgIpc) is 2.90. The summed E-state index contributed by atoms with van der Waals surface area (Å²) in [5.41, 5.74) is 4.33. The molecule has 0 spiro atoms. The van der Waals surface area contributed by atoms with Gasteiger partial charge in [-0.2, -0.15) is 5.10 Å². The van der Waals surface area contributed by atoms with Crippen LogP contribution in [0.15, 0.2) is 59.7 Å². The second kappa shape index (κ2) is 5.28. The summed E-state index contributed by atoms with van der Waals surface area (Å²) < 4.78 is 5.18. The van der Waals surface area contributed by atoms with E-state index in [0.717, 1.165) is 17.0 Å². The molecule has 5 heteroatoms. The van der Waals surface area contributed by atoms with Crippen LogP contribution in [0.3, 0.4) is 0 Å². The van der Waals surface area contributed by atoms with Crippen molar-refractivity contribution in [3.8, 4) is 5.75 Å². The molecule has 2 aromatic carbocycles. The summed E-state index contributed by atoms with van der Waals surface area (Å²) in [5, 5.41) is 15.6. The maximum Gasteiger partial charge on any atom is 0.194 e. The van der Waals surface area contributed by atoms with Gasteiger partial charge in [-0.1, -0.05) is 30.3 Å². The minimum absolute atomic E-state index is 0.358. The lowest BCUT2D eigenvalue weighted by Gasteiger charge is -2.31. The van der Waals surface area contributed by atoms with Crippen molar-refractivity contribution in [3.05, 3.63) is 60.2 Å². The number of ether oxygens (including phenoxy) is 1. The second-order valence-corrected chi connectivity index (χ2v) is 4.75. The van der Waals surface area contributed by atoms with E-state index in [1.54, 1.807) is 7.11 Å². The molecule has 0 saturated heterocycles. The number of benzene rings is 2. The van der Waals surface area contributed by atoms with Crippen molar-refractivity contribution in [2.45, 2.75) is 5.66 Å². The molecule has 1 atom stereocenters. The smallest absolute Gasteiger partial charge is 0.194 e. The predicted molar refractivity (Wildman–Crippen MR) is 84.1 cm³/mol. The Kier molecular flexibility index (Phi) is 3.31. The van der Waals surface area contributed by atoms with Gasteiger partial charge < -0.3 is 10.1 Å². The van der Waals surface area contributed by atoms with Crippen LogP contribution in [0.2, 0.25) is 0 Å². The van der Waals surface area contributed by atoms with Gasteiger partial charge in [-0.25, -0.2) is 0 Å². The molecule has 0 bridgehead atoms. The number of methoxy groups -OCH3 is 1. The van der Waals surface area contributed by atoms with Gasteiger partial charge in [-0.3, -0.25) is 10.8 Å². The van der Waals surface area contributed by atoms with Crippen molar-refractivity contribution in [1.82, 2.24) is 5.43 Å². The van der Waals surface area contributed by atoms with Crippen LogP contribution in [0.1, 0.15) is 5.56 Å². The van der Waals surface area contributed by atoms with Crippen LogP contribution in [-0.2, 0) is 5.66 Å². The summed E-state index contributed by atoms with van der Waals surface area (Å²) in [6, 6.07) is 17.4. The maximum atomic E-state index is 8.23. The molecule has 1 aliphatic heterocycles. The minimum Gasteiger partial charge on any atom is -0.497 e. The minimum atomic E-state index is -0.854. The number of hydrazone groups is 1. The van der Waals surface area contributed by atoms with Gasteiger partial charge in [0.15, 0.2) is 5.66 Å². The normalized spacial score (nSPS) is 20.1. The fourth-order valence-corrected chi connectivity index (χ4v) is 2.32. The molecule has 0 radical (unpaired) electrons. The molecule has 0 aromatic heterocycles. The standard InChI is InChI=1S/C16H16N4O/c1-21-14-9-7-12(8-10-14)16(15(17)11-18-20-16)19-13-5-3-2-4-6-13/h2-11,17,19-20H,1H3. The zero-order chi connectivity index (χ0) is 14.7. The summed E-state index contributed by atoms with van der Waals surface area (Å²) in [6.07, 6.45) is 1.51. The van der Waals surface area contributed by atoms with Gasteiger partial charge in [-0.15, -0.1) is 0 Å². The number of nitrogens with one attached hydrogen (secondary N) is 3. The number of hydrogen-bond acceptors (Lipinski definition) is 5. The fraction of sp³-hybridized carbons (Fsp3) is 0.125. The molecule has 5 nitrogen and oxygen atoms in total. The summed E-state index contributed by atoms with van der Waals surface area (Å²) in [6.45, 7) is 0. The zero-order valence-electron chi connectivity index (χ0n) is 11.6. The highest BCUT2D eigenvalue weighted by Gasteiger charge is 2.39. The molecule has 3 N–H and O–H groups in total. The highest BCUT2D eigenvalue weighted by Crippen LogP contribution is 2.28. The van der Waals surface area contributed by atoms with Crippen LogP contribution in [-0.4, -0.2) is 19.0 Å². The average molecular weight is 280 g/mol. The first-order valence-corrected chi connectivity index (χ1v) is 6.61. The lowest BCUT2D eigenvalue weighted by Crippen LogP contribution is -2.49. The summed E-state index contributed by atoms with van der Waals surface area (Å²) >= 11 is 0. The molecule has 0 aliphatic carbocycles. The van der Waals surface area contributed by atoms with E-state index >= 15 is 0 Å². The predicted octanol–water partition coefficient (Wildman–Crippen LogP) is 2.57. The van der Waals surface area contributed by atoms with E-state index in [0.29, 0.717) is 5.71 Å². The van der Waals surface area contributed by atoms with Gasteiger partial charge in [0.05, 0.1) is 13.3 Å². The Morgan fingerprint density at radius 2 is 1.81 bits per heavy atom. The quantitative estimate of drug-likeness (QED) is 0.806. The number of nitrogens with zero attached hydrogens (tertiary/aromatic N) is 1. The lowest BCUT2D eigenvalue weighted by atomic mass is 9.95. The first kappa shape index (κ1) is 13.2. The van der Waals surface area contributed by atoms with Crippen molar-refractivity contribution in [3.63, 3.8) is 0 Å². The van der Waals surface area contributed by atoms with E-state index < -0.39 is 5.66 Å². The highest BCUT2D eigenvalue weighted by molar-refractivity contribution is 6.35. The molecule has 2 aromatic rings. The number of para-hydroxylation sites is 1. The molecule has 1 unspecified atom stereocenters. The Labute approximate surface area is 123 Å². The van der Waals surface area contributed by atoms with Crippen LogP contribution in [0.4, 0.5) is 5.69 Å². The SMILES string of the molecule is COc1ccc(C2(Nc3ccccc3)NN=CC2=N)cc1. The third-order valence-electron chi connectivity index (χ3n) is 3.46. The second-order valence-electron chi connectivity index (χ2n) is 4.75. The van der Waals surface area contributed by atoms with Crippen LogP contribution in [0.25, 0.3) is 0 Å². The van der Waals surface area contributed by atoms with Gasteiger partial charge in [0.2, 0.25) is 0 Å². The van der Waals surface area contributed by atoms with Crippen LogP contribution in [0.5, 0.6) is 5.75 Å². The van der Waals surface area contributed by atoms with Crippen molar-refractivity contribution in [1.29, 1.82) is 5.41 Å². The van der Waals surface area contributed by atoms with E-state index in [2.05, 4.69) is 15.8 Å². The number of hydrogen-bond donors (Lipinski definition) is 3. The van der Waals surface area contributed by atoms with Gasteiger partial charge in [0, 0.05) is 11.3 Å². The Hall–Kier alpha value is -2.82. The fourth-order valence-electron chi connectivity index (χ4n) is 2.32. The monoisotopic (exact) mass is 280 g/mol. The Balaban J connectivity index is 1.99. The molecule has 1 aliphatic rings. The van der Waals surface area contributed by atoms with Crippen LogP contribution in [0, 0.1) is 5.41 Å². The molecule has 106 valence electrons. The largest absolute Gasteiger partial charge is 0.497 e. The lowest BCUT2D eigenvalue weighted by molar-refractivity contribution is 0.414. The molecular weight excluding hydrogens is 264 g/mol. The molecule has 1 heterocycles. The molecule has 21 heavy (non-hydrogen) atoms. The van der Waals surface area contributed by atoms with Gasteiger partial charge in [0.1, 0.15) is 11.5 Å². The summed E-state index contributed by atoms with van der Waals surface area (Å²) in [7, 11) is 1.63. The summed E-state index contributed by atoms with van der Waals surface area (Å²) in [5.74, 6) is 0.777. The topological polar surface area (TPSA) is 69.5 Å². The van der Waals surface area contributed by atoms with Crippen molar-refractivity contribution in [2.75, 3.05) is 12.4 Å². The zero-order valence-corrected chi connectivity index (χ0v) is 11.6. The van der Waals surface area contributed by atoms with Crippen LogP contribution < -0.4 is 15.5 Å². The number of anilines is 1. The van der Waals surface area contributed by atoms with Gasteiger partial charge in [0.25, 0.3) is 0 Å². The Bertz CT molecular complexity index is 666. The number of rotatable bonds is 4. The van der Waals surface area contributed by atoms with E-state index in [1.807, 2.05) is 54.6 Å².